The van der Waals surface area contributed by atoms with E-state index in [1.807, 2.05) is 60.7 Å². The van der Waals surface area contributed by atoms with Crippen molar-refractivity contribution in [2.24, 2.45) is 0 Å². The van der Waals surface area contributed by atoms with Gasteiger partial charge in [-0.05, 0) is 101 Å². The zero-order valence-electron chi connectivity index (χ0n) is 33.1. The lowest BCUT2D eigenvalue weighted by Gasteiger charge is -2.27. The zero-order valence-corrected chi connectivity index (χ0v) is 33.1. The summed E-state index contributed by atoms with van der Waals surface area (Å²) in [6, 6.07) is 77.8. The predicted octanol–water partition coefficient (Wildman–Crippen LogP) is 15.3. The number of aromatic nitrogens is 3. The van der Waals surface area contributed by atoms with Gasteiger partial charge in [-0.25, -0.2) is 15.0 Å². The molecule has 0 amide bonds. The second-order valence-electron chi connectivity index (χ2n) is 15.6. The van der Waals surface area contributed by atoms with Crippen LogP contribution in [0.25, 0.3) is 98.8 Å². The van der Waals surface area contributed by atoms with Gasteiger partial charge < -0.3 is 4.90 Å². The normalized spacial score (nSPS) is 11.6. The fourth-order valence-electron chi connectivity index (χ4n) is 9.24. The van der Waals surface area contributed by atoms with E-state index < -0.39 is 0 Å². The average molecular weight is 777 g/mol. The van der Waals surface area contributed by atoms with Crippen LogP contribution in [0.5, 0.6) is 0 Å². The minimum Gasteiger partial charge on any atom is -0.310 e. The van der Waals surface area contributed by atoms with Crippen molar-refractivity contribution in [3.05, 3.63) is 218 Å². The van der Waals surface area contributed by atoms with Crippen LogP contribution < -0.4 is 4.90 Å². The van der Waals surface area contributed by atoms with Gasteiger partial charge in [-0.3, -0.25) is 0 Å². The van der Waals surface area contributed by atoms with Crippen molar-refractivity contribution >= 4 is 81.7 Å². The predicted molar refractivity (Wildman–Crippen MR) is 256 cm³/mol. The Morgan fingerprint density at radius 3 is 0.902 bits per heavy atom. The molecule has 0 aliphatic heterocycles. The van der Waals surface area contributed by atoms with E-state index in [0.717, 1.165) is 33.8 Å². The Bertz CT molecular complexity index is 3370. The summed E-state index contributed by atoms with van der Waals surface area (Å²) in [5.74, 6) is 1.88. The molecule has 284 valence electrons. The van der Waals surface area contributed by atoms with Gasteiger partial charge >= 0.3 is 0 Å². The number of benzene rings is 11. The standard InChI is InChI=1S/C57H36N4/c1-3-16-37(17-4-1)55-58-56(38-18-5-2-6-19-38)60-57(59-55)39-20-15-21-40(34-39)61(41-30-32-51-47-26-9-7-22-43(47)45-24-11-13-28-49(45)53(51)35-41)42-31-33-52-48-27-10-8-23-44(48)46-25-12-14-29-50(46)54(52)36-42/h1-36H. The van der Waals surface area contributed by atoms with Crippen molar-refractivity contribution in [2.45, 2.75) is 0 Å². The largest absolute Gasteiger partial charge is 0.310 e. The van der Waals surface area contributed by atoms with E-state index in [1.54, 1.807) is 0 Å². The fourth-order valence-corrected chi connectivity index (χ4v) is 9.24. The molecule has 0 fully saturated rings. The van der Waals surface area contributed by atoms with Crippen molar-refractivity contribution in [2.75, 3.05) is 4.90 Å². The Labute approximate surface area is 352 Å². The molecule has 1 aromatic heterocycles. The lowest BCUT2D eigenvalue weighted by molar-refractivity contribution is 1.07. The molecule has 0 aliphatic rings. The van der Waals surface area contributed by atoms with Gasteiger partial charge in [0.1, 0.15) is 0 Å². The fraction of sp³-hybridized carbons (Fsp3) is 0. The van der Waals surface area contributed by atoms with E-state index in [9.17, 15) is 0 Å². The molecule has 0 spiro atoms. The molecule has 0 aliphatic carbocycles. The number of hydrogen-bond donors (Lipinski definition) is 0. The summed E-state index contributed by atoms with van der Waals surface area (Å²) in [7, 11) is 0. The highest BCUT2D eigenvalue weighted by molar-refractivity contribution is 6.27. The first kappa shape index (κ1) is 34.8. The van der Waals surface area contributed by atoms with Gasteiger partial charge in [0.05, 0.1) is 0 Å². The van der Waals surface area contributed by atoms with Crippen LogP contribution >= 0.6 is 0 Å². The maximum atomic E-state index is 5.11. The van der Waals surface area contributed by atoms with Gasteiger partial charge in [0.25, 0.3) is 0 Å². The Balaban J connectivity index is 1.11. The Hall–Kier alpha value is -8.21. The van der Waals surface area contributed by atoms with E-state index in [4.69, 9.17) is 15.0 Å². The molecule has 0 unspecified atom stereocenters. The molecular weight excluding hydrogens is 741 g/mol. The first-order valence-electron chi connectivity index (χ1n) is 20.7. The highest BCUT2D eigenvalue weighted by Gasteiger charge is 2.20. The third kappa shape index (κ3) is 5.88. The summed E-state index contributed by atoms with van der Waals surface area (Å²) in [4.78, 5) is 17.6. The molecule has 0 saturated carbocycles. The second-order valence-corrected chi connectivity index (χ2v) is 15.6. The number of rotatable bonds is 6. The van der Waals surface area contributed by atoms with Gasteiger partial charge in [0.15, 0.2) is 17.5 Å². The molecule has 12 aromatic rings. The monoisotopic (exact) mass is 776 g/mol. The van der Waals surface area contributed by atoms with Gasteiger partial charge in [0, 0.05) is 33.8 Å². The van der Waals surface area contributed by atoms with E-state index in [-0.39, 0.29) is 0 Å². The number of fused-ring (bicyclic) bond motifs is 12. The van der Waals surface area contributed by atoms with Gasteiger partial charge in [-0.2, -0.15) is 0 Å². The SMILES string of the molecule is c1ccc(-c2nc(-c3ccccc3)nc(-c3cccc(N(c4ccc5c6ccccc6c6ccccc6c5c4)c4ccc5c6ccccc6c6ccccc6c5c4)c3)n2)cc1. The number of hydrogen-bond acceptors (Lipinski definition) is 4. The maximum Gasteiger partial charge on any atom is 0.164 e. The van der Waals surface area contributed by atoms with E-state index in [0.29, 0.717) is 17.5 Å². The third-order valence-corrected chi connectivity index (χ3v) is 12.0. The van der Waals surface area contributed by atoms with Crippen LogP contribution in [0, 0.1) is 0 Å². The molecule has 0 saturated heterocycles. The second kappa shape index (κ2) is 14.3. The minimum atomic E-state index is 0.612. The van der Waals surface area contributed by atoms with Gasteiger partial charge in [-0.15, -0.1) is 0 Å². The molecule has 4 heteroatoms. The number of nitrogens with zero attached hydrogens (tertiary/aromatic N) is 4. The molecule has 0 radical (unpaired) electrons. The van der Waals surface area contributed by atoms with Crippen molar-refractivity contribution in [3.8, 4) is 34.2 Å². The van der Waals surface area contributed by atoms with Crippen LogP contribution in [-0.2, 0) is 0 Å². The van der Waals surface area contributed by atoms with Crippen LogP contribution in [0.15, 0.2) is 218 Å². The van der Waals surface area contributed by atoms with Crippen molar-refractivity contribution in [3.63, 3.8) is 0 Å². The van der Waals surface area contributed by atoms with Crippen molar-refractivity contribution < 1.29 is 0 Å². The van der Waals surface area contributed by atoms with Gasteiger partial charge in [-0.1, -0.05) is 182 Å². The van der Waals surface area contributed by atoms with Crippen LogP contribution in [0.1, 0.15) is 0 Å². The van der Waals surface area contributed by atoms with Crippen LogP contribution in [0.2, 0.25) is 0 Å². The Morgan fingerprint density at radius 1 is 0.213 bits per heavy atom. The molecular formula is C57H36N4. The topological polar surface area (TPSA) is 41.9 Å². The van der Waals surface area contributed by atoms with E-state index >= 15 is 0 Å². The van der Waals surface area contributed by atoms with E-state index in [1.165, 1.54) is 64.6 Å². The summed E-state index contributed by atoms with van der Waals surface area (Å²) in [6.45, 7) is 0. The molecule has 0 bridgehead atoms. The smallest absolute Gasteiger partial charge is 0.164 e. The van der Waals surface area contributed by atoms with Crippen LogP contribution in [-0.4, -0.2) is 15.0 Å². The zero-order chi connectivity index (χ0) is 40.3. The summed E-state index contributed by atoms with van der Waals surface area (Å²) < 4.78 is 0. The first-order chi connectivity index (χ1) is 30.2. The highest BCUT2D eigenvalue weighted by Crippen LogP contribution is 2.44. The lowest BCUT2D eigenvalue weighted by Crippen LogP contribution is -2.10. The highest BCUT2D eigenvalue weighted by atomic mass is 15.1. The first-order valence-corrected chi connectivity index (χ1v) is 20.7. The summed E-state index contributed by atoms with van der Waals surface area (Å²) >= 11 is 0. The molecule has 61 heavy (non-hydrogen) atoms. The average Bonchev–Trinajstić information content (AvgIpc) is 3.35. The minimum absolute atomic E-state index is 0.612. The van der Waals surface area contributed by atoms with Crippen molar-refractivity contribution in [1.29, 1.82) is 0 Å². The molecule has 1 heterocycles. The van der Waals surface area contributed by atoms with Crippen molar-refractivity contribution in [1.82, 2.24) is 15.0 Å². The number of anilines is 3. The lowest BCUT2D eigenvalue weighted by atomic mass is 9.93. The Kier molecular flexibility index (Phi) is 8.13. The molecule has 0 atom stereocenters. The quantitative estimate of drug-likeness (QED) is 0.158. The molecule has 11 aromatic carbocycles. The molecule has 4 nitrogen and oxygen atoms in total. The molecule has 0 N–H and O–H groups in total. The Morgan fingerprint density at radius 2 is 0.508 bits per heavy atom. The van der Waals surface area contributed by atoms with Crippen LogP contribution in [0.3, 0.4) is 0 Å². The summed E-state index contributed by atoms with van der Waals surface area (Å²) in [5, 5.41) is 14.9. The van der Waals surface area contributed by atoms with Crippen LogP contribution in [0.4, 0.5) is 17.1 Å². The van der Waals surface area contributed by atoms with E-state index in [2.05, 4.69) is 163 Å². The third-order valence-electron chi connectivity index (χ3n) is 12.0. The molecule has 12 rings (SSSR count). The summed E-state index contributed by atoms with van der Waals surface area (Å²) in [5.41, 5.74) is 5.88. The summed E-state index contributed by atoms with van der Waals surface area (Å²) in [6.07, 6.45) is 0. The van der Waals surface area contributed by atoms with Gasteiger partial charge in [0.2, 0.25) is 0 Å². The maximum absolute atomic E-state index is 5.11.